The highest BCUT2D eigenvalue weighted by Gasteiger charge is 2.39. The van der Waals surface area contributed by atoms with Crippen molar-refractivity contribution in [3.8, 4) is 0 Å². The molecule has 110 valence electrons. The number of ether oxygens (including phenoxy) is 1. The first-order valence-corrected chi connectivity index (χ1v) is 6.77. The summed E-state index contributed by atoms with van der Waals surface area (Å²) < 4.78 is 5.15. The fourth-order valence-corrected chi connectivity index (χ4v) is 2.33. The Balaban J connectivity index is 1.80. The molecule has 1 aliphatic rings. The second kappa shape index (κ2) is 6.35. The van der Waals surface area contributed by atoms with Gasteiger partial charge in [0, 0.05) is 12.2 Å². The molecule has 1 amide bonds. The van der Waals surface area contributed by atoms with Crippen LogP contribution in [0, 0.1) is 12.3 Å². The molecular weight excluding hydrogens is 256 g/mol. The maximum atomic E-state index is 11.9. The fourth-order valence-electron chi connectivity index (χ4n) is 2.33. The van der Waals surface area contributed by atoms with E-state index in [9.17, 15) is 9.90 Å². The number of nitrogens with zero attached hydrogens (tertiary/aromatic N) is 1. The molecule has 0 radical (unpaired) electrons. The van der Waals surface area contributed by atoms with Gasteiger partial charge < -0.3 is 15.2 Å². The quantitative estimate of drug-likeness (QED) is 0.811. The summed E-state index contributed by atoms with van der Waals surface area (Å²) >= 11 is 0. The molecule has 1 aromatic rings. The molecule has 2 rings (SSSR count). The molecule has 1 fully saturated rings. The molecule has 0 aromatic heterocycles. The van der Waals surface area contributed by atoms with E-state index in [-0.39, 0.29) is 17.9 Å². The van der Waals surface area contributed by atoms with Crippen LogP contribution in [-0.2, 0) is 9.53 Å². The minimum absolute atomic E-state index is 0.0512. The maximum Gasteiger partial charge on any atom is 0.238 e. The predicted molar refractivity (Wildman–Crippen MR) is 77.6 cm³/mol. The van der Waals surface area contributed by atoms with E-state index in [1.54, 1.807) is 0 Å². The average molecular weight is 278 g/mol. The summed E-state index contributed by atoms with van der Waals surface area (Å²) in [7, 11) is 1.88. The number of aliphatic hydroxyl groups is 1. The number of amides is 1. The average Bonchev–Trinajstić information content (AvgIpc) is 2.36. The number of aliphatic hydroxyl groups excluding tert-OH is 1. The van der Waals surface area contributed by atoms with Gasteiger partial charge >= 0.3 is 0 Å². The van der Waals surface area contributed by atoms with E-state index in [2.05, 4.69) is 5.32 Å². The first-order valence-electron chi connectivity index (χ1n) is 6.77. The molecule has 1 heterocycles. The largest absolute Gasteiger partial charge is 0.396 e. The second-order valence-corrected chi connectivity index (χ2v) is 5.74. The first-order chi connectivity index (χ1) is 9.53. The predicted octanol–water partition coefficient (Wildman–Crippen LogP) is 0.874. The van der Waals surface area contributed by atoms with Gasteiger partial charge in [-0.2, -0.15) is 0 Å². The standard InChI is InChI=1S/C15H22N2O3/c1-12-3-5-13(6-4-12)16-14(19)7-17(2)8-15(9-18)10-20-11-15/h3-6,18H,7-11H2,1-2H3,(H,16,19). The Labute approximate surface area is 119 Å². The van der Waals surface area contributed by atoms with Gasteiger partial charge in [-0.3, -0.25) is 9.69 Å². The monoisotopic (exact) mass is 278 g/mol. The smallest absolute Gasteiger partial charge is 0.238 e. The number of likely N-dealkylation sites (N-methyl/N-ethyl adjacent to an activating group) is 1. The Morgan fingerprint density at radius 3 is 2.55 bits per heavy atom. The highest BCUT2D eigenvalue weighted by molar-refractivity contribution is 5.92. The molecule has 0 atom stereocenters. The van der Waals surface area contributed by atoms with Crippen molar-refractivity contribution >= 4 is 11.6 Å². The van der Waals surface area contributed by atoms with E-state index in [4.69, 9.17) is 4.74 Å². The molecule has 0 bridgehead atoms. The molecule has 0 spiro atoms. The van der Waals surface area contributed by atoms with Gasteiger partial charge in [0.1, 0.15) is 0 Å². The number of hydrogen-bond acceptors (Lipinski definition) is 4. The first kappa shape index (κ1) is 15.0. The molecule has 1 saturated heterocycles. The Hall–Kier alpha value is -1.43. The van der Waals surface area contributed by atoms with Gasteiger partial charge in [-0.25, -0.2) is 0 Å². The lowest BCUT2D eigenvalue weighted by molar-refractivity contribution is -0.147. The van der Waals surface area contributed by atoms with E-state index in [0.29, 0.717) is 26.3 Å². The topological polar surface area (TPSA) is 61.8 Å². The van der Waals surface area contributed by atoms with Crippen LogP contribution < -0.4 is 5.32 Å². The number of aryl methyl sites for hydroxylation is 1. The van der Waals surface area contributed by atoms with Gasteiger partial charge in [-0.15, -0.1) is 0 Å². The highest BCUT2D eigenvalue weighted by Crippen LogP contribution is 2.27. The van der Waals surface area contributed by atoms with Crippen LogP contribution in [0.2, 0.25) is 0 Å². The molecule has 0 saturated carbocycles. The lowest BCUT2D eigenvalue weighted by Crippen LogP contribution is -2.53. The van der Waals surface area contributed by atoms with Gasteiger partial charge in [0.05, 0.1) is 31.8 Å². The molecule has 2 N–H and O–H groups in total. The summed E-state index contributed by atoms with van der Waals surface area (Å²) in [6.45, 7) is 4.19. The van der Waals surface area contributed by atoms with Crippen LogP contribution in [-0.4, -0.2) is 55.9 Å². The Morgan fingerprint density at radius 2 is 2.05 bits per heavy atom. The van der Waals surface area contributed by atoms with Crippen molar-refractivity contribution in [1.82, 2.24) is 4.90 Å². The Morgan fingerprint density at radius 1 is 1.40 bits per heavy atom. The lowest BCUT2D eigenvalue weighted by atomic mass is 9.86. The van der Waals surface area contributed by atoms with Gasteiger partial charge in [-0.1, -0.05) is 17.7 Å². The van der Waals surface area contributed by atoms with Crippen molar-refractivity contribution in [2.75, 3.05) is 45.3 Å². The van der Waals surface area contributed by atoms with Crippen LogP contribution in [0.1, 0.15) is 5.56 Å². The Kier molecular flexibility index (Phi) is 4.75. The number of benzene rings is 1. The van der Waals surface area contributed by atoms with E-state index in [1.165, 1.54) is 0 Å². The van der Waals surface area contributed by atoms with E-state index >= 15 is 0 Å². The zero-order valence-corrected chi connectivity index (χ0v) is 12.1. The van der Waals surface area contributed by atoms with Crippen LogP contribution in [0.5, 0.6) is 0 Å². The molecule has 20 heavy (non-hydrogen) atoms. The van der Waals surface area contributed by atoms with Crippen LogP contribution in [0.4, 0.5) is 5.69 Å². The number of carbonyl (C=O) groups is 1. The number of hydrogen-bond donors (Lipinski definition) is 2. The van der Waals surface area contributed by atoms with Gasteiger partial charge in [0.2, 0.25) is 5.91 Å². The summed E-state index contributed by atoms with van der Waals surface area (Å²) in [5, 5.41) is 12.2. The number of rotatable bonds is 6. The minimum Gasteiger partial charge on any atom is -0.396 e. The number of carbonyl (C=O) groups excluding carboxylic acids is 1. The summed E-state index contributed by atoms with van der Waals surface area (Å²) in [6, 6.07) is 7.71. The van der Waals surface area contributed by atoms with E-state index in [0.717, 1.165) is 11.3 Å². The van der Waals surface area contributed by atoms with Crippen LogP contribution in [0.3, 0.4) is 0 Å². The molecule has 1 aromatic carbocycles. The van der Waals surface area contributed by atoms with Gasteiger partial charge in [0.15, 0.2) is 0 Å². The summed E-state index contributed by atoms with van der Waals surface area (Å²) in [5.41, 5.74) is 1.77. The fraction of sp³-hybridized carbons (Fsp3) is 0.533. The normalized spacial score (nSPS) is 16.8. The molecule has 0 aliphatic carbocycles. The molecule has 5 nitrogen and oxygen atoms in total. The summed E-state index contributed by atoms with van der Waals surface area (Å²) in [4.78, 5) is 13.9. The van der Waals surface area contributed by atoms with E-state index in [1.807, 2.05) is 43.1 Å². The van der Waals surface area contributed by atoms with Crippen molar-refractivity contribution in [2.45, 2.75) is 6.92 Å². The minimum atomic E-state index is -0.196. The van der Waals surface area contributed by atoms with Crippen molar-refractivity contribution < 1.29 is 14.6 Å². The molecule has 1 aliphatic heterocycles. The SMILES string of the molecule is Cc1ccc(NC(=O)CN(C)CC2(CO)COC2)cc1. The summed E-state index contributed by atoms with van der Waals surface area (Å²) in [5.74, 6) is -0.0512. The molecule has 0 unspecified atom stereocenters. The van der Waals surface area contributed by atoms with Crippen LogP contribution in [0.25, 0.3) is 0 Å². The molecular formula is C15H22N2O3. The number of nitrogens with one attached hydrogen (secondary N) is 1. The van der Waals surface area contributed by atoms with Crippen molar-refractivity contribution in [3.63, 3.8) is 0 Å². The third-order valence-electron chi connectivity index (χ3n) is 3.51. The maximum absolute atomic E-state index is 11.9. The third-order valence-corrected chi connectivity index (χ3v) is 3.51. The number of anilines is 1. The van der Waals surface area contributed by atoms with Crippen molar-refractivity contribution in [3.05, 3.63) is 29.8 Å². The lowest BCUT2D eigenvalue weighted by Gasteiger charge is -2.42. The van der Waals surface area contributed by atoms with Crippen LogP contribution >= 0.6 is 0 Å². The van der Waals surface area contributed by atoms with Crippen LogP contribution in [0.15, 0.2) is 24.3 Å². The second-order valence-electron chi connectivity index (χ2n) is 5.74. The van der Waals surface area contributed by atoms with Gasteiger partial charge in [0.25, 0.3) is 0 Å². The molecule has 5 heteroatoms. The van der Waals surface area contributed by atoms with Crippen molar-refractivity contribution in [1.29, 1.82) is 0 Å². The van der Waals surface area contributed by atoms with E-state index < -0.39 is 0 Å². The van der Waals surface area contributed by atoms with Gasteiger partial charge in [-0.05, 0) is 26.1 Å². The summed E-state index contributed by atoms with van der Waals surface area (Å²) in [6.07, 6.45) is 0. The zero-order chi connectivity index (χ0) is 14.6. The van der Waals surface area contributed by atoms with Crippen molar-refractivity contribution in [2.24, 2.45) is 5.41 Å². The Bertz CT molecular complexity index is 449. The zero-order valence-electron chi connectivity index (χ0n) is 12.1. The highest BCUT2D eigenvalue weighted by atomic mass is 16.5. The third kappa shape index (κ3) is 3.79.